The second-order valence-electron chi connectivity index (χ2n) is 8.27. The molecule has 4 rings (SSSR count). The second kappa shape index (κ2) is 8.05. The van der Waals surface area contributed by atoms with Crippen LogP contribution in [0.2, 0.25) is 0 Å². The number of benzene rings is 2. The first-order valence-corrected chi connectivity index (χ1v) is 10.3. The predicted octanol–water partition coefficient (Wildman–Crippen LogP) is 4.06. The van der Waals surface area contributed by atoms with Crippen LogP contribution >= 0.6 is 0 Å². The van der Waals surface area contributed by atoms with E-state index in [0.717, 1.165) is 28.7 Å². The van der Waals surface area contributed by atoms with Gasteiger partial charge in [-0.3, -0.25) is 0 Å². The summed E-state index contributed by atoms with van der Waals surface area (Å²) < 4.78 is 7.63. The average molecular weight is 405 g/mol. The normalized spacial score (nSPS) is 12.1. The van der Waals surface area contributed by atoms with Crippen molar-refractivity contribution in [3.63, 3.8) is 0 Å². The lowest BCUT2D eigenvalue weighted by Crippen LogP contribution is -2.27. The fourth-order valence-electron chi connectivity index (χ4n) is 3.81. The number of aromatic nitrogens is 3. The van der Waals surface area contributed by atoms with E-state index in [0.29, 0.717) is 31.1 Å². The van der Waals surface area contributed by atoms with Crippen LogP contribution in [-0.4, -0.2) is 31.8 Å². The molecule has 0 aliphatic carbocycles. The van der Waals surface area contributed by atoms with Gasteiger partial charge in [0.25, 0.3) is 0 Å². The Morgan fingerprint density at radius 1 is 1.07 bits per heavy atom. The van der Waals surface area contributed by atoms with E-state index in [1.165, 1.54) is 11.1 Å². The third-order valence-electron chi connectivity index (χ3n) is 5.08. The molecular weight excluding hydrogens is 376 g/mol. The number of hydrogen-bond acceptors (Lipinski definition) is 5. The first kappa shape index (κ1) is 20.3. The largest absolute Gasteiger partial charge is 0.389 e. The van der Waals surface area contributed by atoms with Crippen LogP contribution < -0.4 is 5.73 Å². The van der Waals surface area contributed by atoms with E-state index in [-0.39, 0.29) is 0 Å². The Balaban J connectivity index is 1.87. The molecule has 0 saturated heterocycles. The summed E-state index contributed by atoms with van der Waals surface area (Å²) in [5.74, 6) is 1.13. The highest BCUT2D eigenvalue weighted by atomic mass is 16.5. The molecule has 0 fully saturated rings. The Hall–Kier alpha value is -2.96. The van der Waals surface area contributed by atoms with Gasteiger partial charge in [-0.15, -0.1) is 0 Å². The molecule has 0 unspecified atom stereocenters. The van der Waals surface area contributed by atoms with Crippen molar-refractivity contribution >= 4 is 27.8 Å². The molecule has 0 amide bonds. The molecule has 30 heavy (non-hydrogen) atoms. The van der Waals surface area contributed by atoms with E-state index in [4.69, 9.17) is 15.5 Å². The molecule has 6 nitrogen and oxygen atoms in total. The summed E-state index contributed by atoms with van der Waals surface area (Å²) in [6.07, 6.45) is 0.828. The molecule has 0 saturated carbocycles. The number of rotatable bonds is 7. The molecule has 0 radical (unpaired) electrons. The SMILES string of the molecule is CCOCc1nc2c(N)nc3cc(Cc4ccccc4)ccc3c2n1CC(C)(C)O. The van der Waals surface area contributed by atoms with Crippen LogP contribution in [0.3, 0.4) is 0 Å². The fourth-order valence-corrected chi connectivity index (χ4v) is 3.81. The average Bonchev–Trinajstić information content (AvgIpc) is 3.04. The zero-order valence-electron chi connectivity index (χ0n) is 17.7. The maximum Gasteiger partial charge on any atom is 0.152 e. The maximum absolute atomic E-state index is 10.5. The number of nitrogen functional groups attached to an aromatic ring is 1. The summed E-state index contributed by atoms with van der Waals surface area (Å²) in [6.45, 7) is 6.85. The van der Waals surface area contributed by atoms with E-state index in [2.05, 4.69) is 35.3 Å². The summed E-state index contributed by atoms with van der Waals surface area (Å²) in [5.41, 5.74) is 10.2. The summed E-state index contributed by atoms with van der Waals surface area (Å²) in [7, 11) is 0. The molecule has 4 aromatic rings. The van der Waals surface area contributed by atoms with Crippen LogP contribution in [0.5, 0.6) is 0 Å². The summed E-state index contributed by atoms with van der Waals surface area (Å²) in [6, 6.07) is 16.6. The molecule has 0 spiro atoms. The number of nitrogens with two attached hydrogens (primary N) is 1. The second-order valence-corrected chi connectivity index (χ2v) is 8.27. The summed E-state index contributed by atoms with van der Waals surface area (Å²) in [5, 5.41) is 11.5. The van der Waals surface area contributed by atoms with Gasteiger partial charge in [0, 0.05) is 12.0 Å². The molecule has 0 atom stereocenters. The van der Waals surface area contributed by atoms with Crippen molar-refractivity contribution in [2.45, 2.75) is 45.9 Å². The molecule has 0 aliphatic rings. The van der Waals surface area contributed by atoms with Crippen LogP contribution in [0.4, 0.5) is 5.82 Å². The topological polar surface area (TPSA) is 86.2 Å². The third-order valence-corrected chi connectivity index (χ3v) is 5.08. The third kappa shape index (κ3) is 4.15. The number of nitrogens with zero attached hydrogens (tertiary/aromatic N) is 3. The van der Waals surface area contributed by atoms with Crippen molar-refractivity contribution < 1.29 is 9.84 Å². The number of ether oxygens (including phenoxy) is 1. The van der Waals surface area contributed by atoms with E-state index >= 15 is 0 Å². The van der Waals surface area contributed by atoms with Crippen LogP contribution in [0.25, 0.3) is 21.9 Å². The Bertz CT molecular complexity index is 1180. The maximum atomic E-state index is 10.5. The quantitative estimate of drug-likeness (QED) is 0.485. The fraction of sp³-hybridized carbons (Fsp3) is 0.333. The molecule has 2 aromatic heterocycles. The van der Waals surface area contributed by atoms with Gasteiger partial charge in [-0.1, -0.05) is 42.5 Å². The van der Waals surface area contributed by atoms with Gasteiger partial charge in [0.1, 0.15) is 17.9 Å². The zero-order valence-corrected chi connectivity index (χ0v) is 17.7. The summed E-state index contributed by atoms with van der Waals surface area (Å²) >= 11 is 0. The highest BCUT2D eigenvalue weighted by Gasteiger charge is 2.22. The molecule has 2 heterocycles. The molecule has 0 aliphatic heterocycles. The Morgan fingerprint density at radius 3 is 2.53 bits per heavy atom. The van der Waals surface area contributed by atoms with Crippen LogP contribution in [0.15, 0.2) is 48.5 Å². The Labute approximate surface area is 176 Å². The van der Waals surface area contributed by atoms with E-state index < -0.39 is 5.60 Å². The van der Waals surface area contributed by atoms with E-state index in [9.17, 15) is 5.11 Å². The van der Waals surface area contributed by atoms with Crippen molar-refractivity contribution in [1.82, 2.24) is 14.5 Å². The number of hydrogen-bond donors (Lipinski definition) is 2. The van der Waals surface area contributed by atoms with Gasteiger partial charge in [-0.25, -0.2) is 9.97 Å². The molecule has 2 aromatic carbocycles. The highest BCUT2D eigenvalue weighted by molar-refractivity contribution is 6.06. The van der Waals surface area contributed by atoms with Gasteiger partial charge in [0.15, 0.2) is 5.82 Å². The van der Waals surface area contributed by atoms with Gasteiger partial charge in [0.2, 0.25) is 0 Å². The minimum absolute atomic E-state index is 0.355. The van der Waals surface area contributed by atoms with Crippen molar-refractivity contribution in [3.05, 3.63) is 65.5 Å². The molecule has 3 N–H and O–H groups in total. The lowest BCUT2D eigenvalue weighted by atomic mass is 10.0. The van der Waals surface area contributed by atoms with E-state index in [1.54, 1.807) is 13.8 Å². The number of imidazole rings is 1. The molecule has 6 heteroatoms. The molecule has 156 valence electrons. The first-order chi connectivity index (χ1) is 14.4. The van der Waals surface area contributed by atoms with Gasteiger partial charge in [-0.2, -0.15) is 0 Å². The first-order valence-electron chi connectivity index (χ1n) is 10.3. The number of anilines is 1. The van der Waals surface area contributed by atoms with Crippen molar-refractivity contribution in [2.24, 2.45) is 0 Å². The van der Waals surface area contributed by atoms with Crippen LogP contribution in [0.1, 0.15) is 37.7 Å². The standard InChI is InChI=1S/C24H28N4O2/c1-4-30-14-20-27-21-22(28(20)15-24(2,3)29)18-11-10-17(13-19(18)26-23(21)25)12-16-8-6-5-7-9-16/h5-11,13,29H,4,12,14-15H2,1-3H3,(H2,25,26). The molecule has 0 bridgehead atoms. The smallest absolute Gasteiger partial charge is 0.152 e. The van der Waals surface area contributed by atoms with Gasteiger partial charge in [-0.05, 0) is 44.4 Å². The number of pyridine rings is 1. The Kier molecular flexibility index (Phi) is 5.45. The highest BCUT2D eigenvalue weighted by Crippen LogP contribution is 2.31. The van der Waals surface area contributed by atoms with Crippen molar-refractivity contribution in [3.8, 4) is 0 Å². The molecular formula is C24H28N4O2. The van der Waals surface area contributed by atoms with Gasteiger partial charge < -0.3 is 20.1 Å². The minimum Gasteiger partial charge on any atom is -0.389 e. The number of aliphatic hydroxyl groups is 1. The zero-order chi connectivity index (χ0) is 21.3. The predicted molar refractivity (Wildman–Crippen MR) is 120 cm³/mol. The number of fused-ring (bicyclic) bond motifs is 3. The Morgan fingerprint density at radius 2 is 1.83 bits per heavy atom. The van der Waals surface area contributed by atoms with Crippen LogP contribution in [-0.2, 0) is 24.3 Å². The lowest BCUT2D eigenvalue weighted by molar-refractivity contribution is 0.0582. The lowest BCUT2D eigenvalue weighted by Gasteiger charge is -2.20. The van der Waals surface area contributed by atoms with Crippen molar-refractivity contribution in [2.75, 3.05) is 12.3 Å². The summed E-state index contributed by atoms with van der Waals surface area (Å²) in [4.78, 5) is 9.35. The van der Waals surface area contributed by atoms with Gasteiger partial charge in [0.05, 0.1) is 23.2 Å². The van der Waals surface area contributed by atoms with Crippen molar-refractivity contribution in [1.29, 1.82) is 0 Å². The van der Waals surface area contributed by atoms with Gasteiger partial charge >= 0.3 is 0 Å². The monoisotopic (exact) mass is 404 g/mol. The van der Waals surface area contributed by atoms with E-state index in [1.807, 2.05) is 29.7 Å². The van der Waals surface area contributed by atoms with Crippen LogP contribution in [0, 0.1) is 0 Å². The minimum atomic E-state index is -0.911.